The van der Waals surface area contributed by atoms with Gasteiger partial charge in [-0.25, -0.2) is 5.43 Å². The molecule has 34 heavy (non-hydrogen) atoms. The van der Waals surface area contributed by atoms with E-state index in [4.69, 9.17) is 18.9 Å². The minimum atomic E-state index is -0.409. The lowest BCUT2D eigenvalue weighted by atomic mass is 10.2. The van der Waals surface area contributed by atoms with Crippen molar-refractivity contribution in [2.45, 2.75) is 0 Å². The molecule has 0 aliphatic heterocycles. The zero-order chi connectivity index (χ0) is 24.3. The van der Waals surface area contributed by atoms with Crippen LogP contribution in [-0.2, 0) is 4.79 Å². The molecule has 0 bridgehead atoms. The molecule has 3 rings (SSSR count). The first-order valence-corrected chi connectivity index (χ1v) is 10.2. The van der Waals surface area contributed by atoms with E-state index in [1.165, 1.54) is 27.5 Å². The van der Waals surface area contributed by atoms with Gasteiger partial charge in [0.25, 0.3) is 11.8 Å². The first-order valence-electron chi connectivity index (χ1n) is 10.2. The van der Waals surface area contributed by atoms with E-state index in [0.717, 1.165) is 0 Å². The maximum atomic E-state index is 12.4. The van der Waals surface area contributed by atoms with Gasteiger partial charge in [-0.15, -0.1) is 0 Å². The quantitative estimate of drug-likeness (QED) is 0.352. The number of rotatable bonds is 10. The van der Waals surface area contributed by atoms with Crippen molar-refractivity contribution < 1.29 is 28.5 Å². The van der Waals surface area contributed by atoms with Crippen molar-refractivity contribution in [2.24, 2.45) is 5.10 Å². The minimum Gasteiger partial charge on any atom is -0.493 e. The van der Waals surface area contributed by atoms with E-state index in [1.54, 1.807) is 48.5 Å². The van der Waals surface area contributed by atoms with Gasteiger partial charge in [-0.1, -0.05) is 18.2 Å². The van der Waals surface area contributed by atoms with Crippen molar-refractivity contribution in [3.63, 3.8) is 0 Å². The normalized spacial score (nSPS) is 10.4. The fourth-order valence-electron chi connectivity index (χ4n) is 2.95. The summed E-state index contributed by atoms with van der Waals surface area (Å²) in [5.74, 6) is 1.08. The number of hydrazone groups is 1. The third kappa shape index (κ3) is 6.49. The van der Waals surface area contributed by atoms with Crippen LogP contribution in [0.2, 0.25) is 0 Å². The van der Waals surface area contributed by atoms with Crippen LogP contribution in [0, 0.1) is 0 Å². The Labute approximate surface area is 197 Å². The molecule has 0 unspecified atom stereocenters. The Morgan fingerprint density at radius 2 is 1.50 bits per heavy atom. The third-order valence-corrected chi connectivity index (χ3v) is 4.63. The van der Waals surface area contributed by atoms with Crippen LogP contribution in [0.4, 0.5) is 5.69 Å². The minimum absolute atomic E-state index is 0.180. The van der Waals surface area contributed by atoms with Gasteiger partial charge >= 0.3 is 0 Å². The number of ether oxygens (including phenoxy) is 4. The summed E-state index contributed by atoms with van der Waals surface area (Å²) >= 11 is 0. The predicted octanol–water partition coefficient (Wildman–Crippen LogP) is 3.49. The second-order valence-corrected chi connectivity index (χ2v) is 6.88. The van der Waals surface area contributed by atoms with Gasteiger partial charge in [0.1, 0.15) is 0 Å². The Bertz CT molecular complexity index is 1160. The number of para-hydroxylation sites is 1. The summed E-state index contributed by atoms with van der Waals surface area (Å²) < 4.78 is 21.3. The van der Waals surface area contributed by atoms with Crippen LogP contribution in [-0.4, -0.2) is 46.0 Å². The molecule has 0 heterocycles. The van der Waals surface area contributed by atoms with Crippen LogP contribution < -0.4 is 29.7 Å². The van der Waals surface area contributed by atoms with Crippen molar-refractivity contribution in [1.82, 2.24) is 5.43 Å². The number of amides is 2. The lowest BCUT2D eigenvalue weighted by Gasteiger charge is -2.11. The molecule has 176 valence electrons. The Balaban J connectivity index is 1.58. The fourth-order valence-corrected chi connectivity index (χ4v) is 2.95. The van der Waals surface area contributed by atoms with Crippen LogP contribution in [0.3, 0.4) is 0 Å². The van der Waals surface area contributed by atoms with Crippen LogP contribution in [0.1, 0.15) is 15.9 Å². The summed E-state index contributed by atoms with van der Waals surface area (Å²) in [6.07, 6.45) is 1.47. The molecule has 9 heteroatoms. The molecule has 0 aromatic heterocycles. The Morgan fingerprint density at radius 1 is 0.824 bits per heavy atom. The largest absolute Gasteiger partial charge is 0.493 e. The zero-order valence-corrected chi connectivity index (χ0v) is 19.0. The highest BCUT2D eigenvalue weighted by Crippen LogP contribution is 2.28. The van der Waals surface area contributed by atoms with Gasteiger partial charge in [-0.05, 0) is 54.1 Å². The van der Waals surface area contributed by atoms with Crippen LogP contribution in [0.15, 0.2) is 71.8 Å². The number of hydrogen-bond acceptors (Lipinski definition) is 7. The lowest BCUT2D eigenvalue weighted by molar-refractivity contribution is -0.118. The summed E-state index contributed by atoms with van der Waals surface area (Å²) in [6, 6.07) is 19.0. The van der Waals surface area contributed by atoms with Crippen LogP contribution in [0.5, 0.6) is 23.0 Å². The monoisotopic (exact) mass is 463 g/mol. The smallest absolute Gasteiger partial charge is 0.271 e. The first kappa shape index (κ1) is 24.1. The Hall–Kier alpha value is -4.53. The number of benzene rings is 3. The molecular weight excluding hydrogens is 438 g/mol. The average molecular weight is 463 g/mol. The SMILES string of the molecule is COc1ccc(C(=O)N/N=C/c2ccc(OCC(=O)Nc3ccccc3)c(OC)c2)cc1OC. The fraction of sp³-hybridized carbons (Fsp3) is 0.160. The van der Waals surface area contributed by atoms with Crippen LogP contribution in [0.25, 0.3) is 0 Å². The van der Waals surface area contributed by atoms with E-state index in [0.29, 0.717) is 39.8 Å². The number of carbonyl (C=O) groups excluding carboxylic acids is 2. The van der Waals surface area contributed by atoms with Crippen LogP contribution >= 0.6 is 0 Å². The van der Waals surface area contributed by atoms with E-state index in [-0.39, 0.29) is 12.5 Å². The molecule has 3 aromatic rings. The summed E-state index contributed by atoms with van der Waals surface area (Å²) in [6.45, 7) is -0.180. The number of carbonyl (C=O) groups is 2. The Morgan fingerprint density at radius 3 is 2.21 bits per heavy atom. The second-order valence-electron chi connectivity index (χ2n) is 6.88. The molecule has 0 saturated carbocycles. The van der Waals surface area contributed by atoms with Gasteiger partial charge in [-0.3, -0.25) is 9.59 Å². The summed E-state index contributed by atoms with van der Waals surface area (Å²) in [5.41, 5.74) is 4.17. The van der Waals surface area contributed by atoms with Crippen molar-refractivity contribution in [2.75, 3.05) is 33.3 Å². The van der Waals surface area contributed by atoms with Crippen molar-refractivity contribution >= 4 is 23.7 Å². The average Bonchev–Trinajstić information content (AvgIpc) is 2.87. The highest BCUT2D eigenvalue weighted by atomic mass is 16.5. The van der Waals surface area contributed by atoms with Gasteiger partial charge in [0.05, 0.1) is 27.5 Å². The van der Waals surface area contributed by atoms with Gasteiger partial charge in [-0.2, -0.15) is 5.10 Å². The molecule has 0 saturated heterocycles. The highest BCUT2D eigenvalue weighted by Gasteiger charge is 2.11. The van der Waals surface area contributed by atoms with Gasteiger partial charge in [0.2, 0.25) is 0 Å². The van der Waals surface area contributed by atoms with Gasteiger partial charge in [0.15, 0.2) is 29.6 Å². The Kier molecular flexibility index (Phi) is 8.45. The number of hydrogen-bond donors (Lipinski definition) is 2. The summed E-state index contributed by atoms with van der Waals surface area (Å²) in [7, 11) is 4.51. The van der Waals surface area contributed by atoms with E-state index >= 15 is 0 Å². The van der Waals surface area contributed by atoms with E-state index < -0.39 is 5.91 Å². The van der Waals surface area contributed by atoms with E-state index in [2.05, 4.69) is 15.8 Å². The highest BCUT2D eigenvalue weighted by molar-refractivity contribution is 5.95. The molecule has 0 aliphatic carbocycles. The maximum Gasteiger partial charge on any atom is 0.271 e. The zero-order valence-electron chi connectivity index (χ0n) is 19.0. The topological polar surface area (TPSA) is 107 Å². The predicted molar refractivity (Wildman–Crippen MR) is 128 cm³/mol. The molecule has 2 amide bonds. The summed E-state index contributed by atoms with van der Waals surface area (Å²) in [4.78, 5) is 24.5. The van der Waals surface area contributed by atoms with Gasteiger partial charge < -0.3 is 24.3 Å². The second kappa shape index (κ2) is 11.9. The maximum absolute atomic E-state index is 12.4. The van der Waals surface area contributed by atoms with Gasteiger partial charge in [0, 0.05) is 11.3 Å². The molecule has 0 fully saturated rings. The lowest BCUT2D eigenvalue weighted by Crippen LogP contribution is -2.20. The molecule has 0 atom stereocenters. The molecule has 2 N–H and O–H groups in total. The first-order chi connectivity index (χ1) is 16.5. The summed E-state index contributed by atoms with van der Waals surface area (Å²) in [5, 5.41) is 6.73. The molecule has 0 spiro atoms. The van der Waals surface area contributed by atoms with E-state index in [9.17, 15) is 9.59 Å². The molecule has 0 aliphatic rings. The van der Waals surface area contributed by atoms with Crippen molar-refractivity contribution in [1.29, 1.82) is 0 Å². The third-order valence-electron chi connectivity index (χ3n) is 4.63. The number of nitrogens with zero attached hydrogens (tertiary/aromatic N) is 1. The van der Waals surface area contributed by atoms with Crippen molar-refractivity contribution in [3.8, 4) is 23.0 Å². The molecule has 9 nitrogen and oxygen atoms in total. The standard InChI is InChI=1S/C25H25N3O6/c1-31-20-12-10-18(14-23(20)33-3)25(30)28-26-15-17-9-11-21(22(13-17)32-2)34-16-24(29)27-19-7-5-4-6-8-19/h4-15H,16H2,1-3H3,(H,27,29)(H,28,30)/b26-15+. The number of nitrogens with one attached hydrogen (secondary N) is 2. The molecular formula is C25H25N3O6. The molecule has 3 aromatic carbocycles. The molecule has 0 radical (unpaired) electrons. The van der Waals surface area contributed by atoms with Crippen molar-refractivity contribution in [3.05, 3.63) is 77.9 Å². The van der Waals surface area contributed by atoms with E-state index in [1.807, 2.05) is 18.2 Å². The number of anilines is 1. The number of methoxy groups -OCH3 is 3.